The maximum absolute atomic E-state index is 12.0. The predicted molar refractivity (Wildman–Crippen MR) is 97.8 cm³/mol. The van der Waals surface area contributed by atoms with E-state index in [1.54, 1.807) is 24.3 Å². The fourth-order valence-corrected chi connectivity index (χ4v) is 3.28. The number of carbonyl (C=O) groups is 1. The lowest BCUT2D eigenvalue weighted by atomic mass is 10.2. The maximum atomic E-state index is 12.0. The zero-order chi connectivity index (χ0) is 17.8. The van der Waals surface area contributed by atoms with Gasteiger partial charge in [0.15, 0.2) is 11.0 Å². The molecule has 1 atom stereocenters. The van der Waals surface area contributed by atoms with Crippen molar-refractivity contribution in [2.45, 2.75) is 37.6 Å². The summed E-state index contributed by atoms with van der Waals surface area (Å²) < 4.78 is 7.53. The van der Waals surface area contributed by atoms with Gasteiger partial charge < -0.3 is 14.6 Å². The summed E-state index contributed by atoms with van der Waals surface area (Å²) in [5, 5.41) is 12.7. The number of thioether (sulfide) groups is 1. The highest BCUT2D eigenvalue weighted by molar-refractivity contribution is 7.99. The molecule has 0 bridgehead atoms. The molecule has 1 heterocycles. The van der Waals surface area contributed by atoms with Crippen LogP contribution in [0, 0.1) is 5.92 Å². The van der Waals surface area contributed by atoms with Crippen LogP contribution in [0.15, 0.2) is 29.4 Å². The Balaban J connectivity index is 1.48. The zero-order valence-electron chi connectivity index (χ0n) is 14.2. The van der Waals surface area contributed by atoms with Crippen molar-refractivity contribution in [1.29, 1.82) is 0 Å². The van der Waals surface area contributed by atoms with Crippen LogP contribution in [-0.4, -0.2) is 32.5 Å². The van der Waals surface area contributed by atoms with Crippen LogP contribution in [0.25, 0.3) is 0 Å². The molecule has 0 saturated heterocycles. The highest BCUT2D eigenvalue weighted by atomic mass is 35.5. The van der Waals surface area contributed by atoms with Crippen molar-refractivity contribution in [2.24, 2.45) is 13.0 Å². The van der Waals surface area contributed by atoms with Crippen LogP contribution in [-0.2, 0) is 18.4 Å². The third-order valence-electron chi connectivity index (χ3n) is 4.16. The first-order valence-electron chi connectivity index (χ1n) is 8.21. The normalized spacial score (nSPS) is 15.0. The van der Waals surface area contributed by atoms with Gasteiger partial charge in [0.25, 0.3) is 0 Å². The number of rotatable bonds is 8. The van der Waals surface area contributed by atoms with Crippen molar-refractivity contribution < 1.29 is 9.53 Å². The maximum Gasteiger partial charge on any atom is 0.230 e. The molecular formula is C17H21ClN4O2S. The van der Waals surface area contributed by atoms with Crippen LogP contribution >= 0.6 is 23.4 Å². The van der Waals surface area contributed by atoms with Gasteiger partial charge in [-0.05, 0) is 49.9 Å². The number of nitrogens with one attached hydrogen (secondary N) is 1. The molecule has 1 aromatic heterocycles. The van der Waals surface area contributed by atoms with Crippen molar-refractivity contribution in [1.82, 2.24) is 20.1 Å². The van der Waals surface area contributed by atoms with Gasteiger partial charge in [0.2, 0.25) is 5.91 Å². The summed E-state index contributed by atoms with van der Waals surface area (Å²) in [6.07, 6.45) is 2.43. The third-order valence-corrected chi connectivity index (χ3v) is 5.43. The quantitative estimate of drug-likeness (QED) is 0.713. The lowest BCUT2D eigenvalue weighted by Crippen LogP contribution is -2.35. The molecule has 3 rings (SSSR count). The van der Waals surface area contributed by atoms with Gasteiger partial charge in [-0.2, -0.15) is 0 Å². The molecule has 1 N–H and O–H groups in total. The first-order valence-corrected chi connectivity index (χ1v) is 9.58. The Hall–Kier alpha value is -1.73. The van der Waals surface area contributed by atoms with E-state index in [1.807, 2.05) is 11.6 Å². The standard InChI is InChI=1S/C17H21ClN4O2S/c1-11(12-3-4-12)19-16(23)10-25-17-21-20-15(22(17)2)9-24-14-7-5-13(18)6-8-14/h5-8,11-12H,3-4,9-10H2,1-2H3,(H,19,23)/t11-/m1/s1. The monoisotopic (exact) mass is 380 g/mol. The number of aromatic nitrogens is 3. The predicted octanol–water partition coefficient (Wildman–Crippen LogP) is 3.05. The third kappa shape index (κ3) is 5.12. The molecule has 1 aliphatic rings. The summed E-state index contributed by atoms with van der Waals surface area (Å²) in [6.45, 7) is 2.37. The lowest BCUT2D eigenvalue weighted by Gasteiger charge is -2.12. The van der Waals surface area contributed by atoms with Crippen LogP contribution in [0.3, 0.4) is 0 Å². The Labute approximate surface area is 156 Å². The average Bonchev–Trinajstić information content (AvgIpc) is 3.38. The Morgan fingerprint density at radius 1 is 1.40 bits per heavy atom. The largest absolute Gasteiger partial charge is 0.486 e. The molecule has 2 aromatic rings. The molecule has 1 aliphatic carbocycles. The van der Waals surface area contributed by atoms with E-state index in [-0.39, 0.29) is 11.9 Å². The van der Waals surface area contributed by atoms with Gasteiger partial charge >= 0.3 is 0 Å². The summed E-state index contributed by atoms with van der Waals surface area (Å²) in [6, 6.07) is 7.42. The molecule has 0 unspecified atom stereocenters. The minimum Gasteiger partial charge on any atom is -0.486 e. The topological polar surface area (TPSA) is 69.0 Å². The molecule has 1 fully saturated rings. The summed E-state index contributed by atoms with van der Waals surface area (Å²) in [7, 11) is 1.87. The van der Waals surface area contributed by atoms with E-state index >= 15 is 0 Å². The van der Waals surface area contributed by atoms with E-state index < -0.39 is 0 Å². The van der Waals surface area contributed by atoms with Gasteiger partial charge in [-0.15, -0.1) is 10.2 Å². The van der Waals surface area contributed by atoms with Crippen LogP contribution in [0.2, 0.25) is 5.02 Å². The molecular weight excluding hydrogens is 360 g/mol. The van der Waals surface area contributed by atoms with Crippen LogP contribution in [0.4, 0.5) is 0 Å². The second-order valence-electron chi connectivity index (χ2n) is 6.18. The summed E-state index contributed by atoms with van der Waals surface area (Å²) in [5.41, 5.74) is 0. The van der Waals surface area contributed by atoms with Crippen LogP contribution in [0.5, 0.6) is 5.75 Å². The van der Waals surface area contributed by atoms with Gasteiger partial charge in [0.1, 0.15) is 12.4 Å². The van der Waals surface area contributed by atoms with Crippen molar-refractivity contribution >= 4 is 29.3 Å². The minimum atomic E-state index is 0.0337. The molecule has 0 aliphatic heterocycles. The second kappa shape index (κ2) is 8.10. The molecule has 1 aromatic carbocycles. The highest BCUT2D eigenvalue weighted by Crippen LogP contribution is 2.32. The minimum absolute atomic E-state index is 0.0337. The van der Waals surface area contributed by atoms with E-state index in [0.29, 0.717) is 34.3 Å². The number of halogens is 1. The molecule has 1 saturated carbocycles. The van der Waals surface area contributed by atoms with E-state index in [1.165, 1.54) is 24.6 Å². The van der Waals surface area contributed by atoms with E-state index in [2.05, 4.69) is 22.4 Å². The Kier molecular flexibility index (Phi) is 5.86. The van der Waals surface area contributed by atoms with Gasteiger partial charge in [-0.1, -0.05) is 23.4 Å². The fraction of sp³-hybridized carbons (Fsp3) is 0.471. The van der Waals surface area contributed by atoms with Crippen molar-refractivity contribution in [2.75, 3.05) is 5.75 Å². The lowest BCUT2D eigenvalue weighted by molar-refractivity contribution is -0.119. The molecule has 0 spiro atoms. The molecule has 6 nitrogen and oxygen atoms in total. The number of benzene rings is 1. The van der Waals surface area contributed by atoms with Crippen molar-refractivity contribution in [3.63, 3.8) is 0 Å². The smallest absolute Gasteiger partial charge is 0.230 e. The fourth-order valence-electron chi connectivity index (χ4n) is 2.41. The molecule has 134 valence electrons. The number of carbonyl (C=O) groups excluding carboxylic acids is 1. The Morgan fingerprint density at radius 2 is 2.12 bits per heavy atom. The zero-order valence-corrected chi connectivity index (χ0v) is 15.8. The summed E-state index contributed by atoms with van der Waals surface area (Å²) in [4.78, 5) is 12.0. The first-order chi connectivity index (χ1) is 12.0. The van der Waals surface area contributed by atoms with E-state index in [9.17, 15) is 4.79 Å². The number of amides is 1. The number of hydrogen-bond donors (Lipinski definition) is 1. The number of nitrogens with zero attached hydrogens (tertiary/aromatic N) is 3. The van der Waals surface area contributed by atoms with E-state index in [4.69, 9.17) is 16.3 Å². The molecule has 25 heavy (non-hydrogen) atoms. The van der Waals surface area contributed by atoms with Gasteiger partial charge in [0, 0.05) is 18.1 Å². The van der Waals surface area contributed by atoms with Crippen molar-refractivity contribution in [3.8, 4) is 5.75 Å². The molecule has 8 heteroatoms. The van der Waals surface area contributed by atoms with Crippen molar-refractivity contribution in [3.05, 3.63) is 35.1 Å². The van der Waals surface area contributed by atoms with Crippen LogP contribution in [0.1, 0.15) is 25.6 Å². The van der Waals surface area contributed by atoms with Gasteiger partial charge in [-0.25, -0.2) is 0 Å². The number of hydrogen-bond acceptors (Lipinski definition) is 5. The average molecular weight is 381 g/mol. The second-order valence-corrected chi connectivity index (χ2v) is 7.56. The Bertz CT molecular complexity index is 731. The Morgan fingerprint density at radius 3 is 2.80 bits per heavy atom. The van der Waals surface area contributed by atoms with Crippen LogP contribution < -0.4 is 10.1 Å². The summed E-state index contributed by atoms with van der Waals surface area (Å²) >= 11 is 7.23. The summed E-state index contributed by atoms with van der Waals surface area (Å²) in [5.74, 6) is 2.44. The highest BCUT2D eigenvalue weighted by Gasteiger charge is 2.28. The van der Waals surface area contributed by atoms with Gasteiger partial charge in [0.05, 0.1) is 5.75 Å². The molecule has 1 amide bonds. The van der Waals surface area contributed by atoms with E-state index in [0.717, 1.165) is 5.75 Å². The number of ether oxygens (including phenoxy) is 1. The first kappa shape index (κ1) is 18.1. The SMILES string of the molecule is C[C@@H](NC(=O)CSc1nnc(COc2ccc(Cl)cc2)n1C)C1CC1. The molecule has 0 radical (unpaired) electrons. The van der Waals surface area contributed by atoms with Gasteiger partial charge in [-0.3, -0.25) is 4.79 Å².